The first-order valence-corrected chi connectivity index (χ1v) is 3.02. The minimum absolute atomic E-state index is 0.0885. The summed E-state index contributed by atoms with van der Waals surface area (Å²) in [5.41, 5.74) is 0.996. The van der Waals surface area contributed by atoms with E-state index in [1.54, 1.807) is 6.92 Å². The third kappa shape index (κ3) is 1.46. The second-order valence-corrected chi connectivity index (χ2v) is 2.06. The van der Waals surface area contributed by atoms with Crippen molar-refractivity contribution in [3.05, 3.63) is 23.0 Å². The van der Waals surface area contributed by atoms with Crippen LogP contribution in [0.1, 0.15) is 26.5 Å². The maximum absolute atomic E-state index is 10.3. The van der Waals surface area contributed by atoms with Gasteiger partial charge in [-0.2, -0.15) is 5.10 Å². The van der Waals surface area contributed by atoms with E-state index >= 15 is 0 Å². The number of aryl methyl sites for hydroxylation is 1. The Morgan fingerprint density at radius 1 is 1.27 bits per heavy atom. The highest BCUT2D eigenvalue weighted by atomic mass is 16.1. The molecule has 0 radical (unpaired) electrons. The van der Waals surface area contributed by atoms with Gasteiger partial charge >= 0.3 is 0 Å². The first kappa shape index (κ1) is 7.53. The van der Waals surface area contributed by atoms with Crippen LogP contribution in [-0.2, 0) is 0 Å². The highest BCUT2D eigenvalue weighted by Gasteiger charge is 2.01. The van der Waals surface area contributed by atoms with Gasteiger partial charge in [-0.3, -0.25) is 9.59 Å². The van der Waals surface area contributed by atoms with Crippen molar-refractivity contribution in [3.8, 4) is 0 Å². The third-order valence-electron chi connectivity index (χ3n) is 1.21. The van der Waals surface area contributed by atoms with Gasteiger partial charge in [0.1, 0.15) is 5.69 Å². The maximum Gasteiger partial charge on any atom is 0.171 e. The summed E-state index contributed by atoms with van der Waals surface area (Å²) in [4.78, 5) is 20.5. The fourth-order valence-corrected chi connectivity index (χ4v) is 0.704. The molecule has 0 amide bonds. The number of aldehydes is 2. The molecule has 0 saturated heterocycles. The topological polar surface area (TPSA) is 59.9 Å². The molecule has 0 bridgehead atoms. The number of carbonyl (C=O) groups excluding carboxylic acids is 2. The smallest absolute Gasteiger partial charge is 0.171 e. The average molecular weight is 150 g/mol. The Balaban J connectivity index is 3.26. The first-order chi connectivity index (χ1) is 5.27. The Labute approximate surface area is 63.3 Å². The van der Waals surface area contributed by atoms with Crippen LogP contribution in [0.3, 0.4) is 0 Å². The van der Waals surface area contributed by atoms with Crippen LogP contribution in [0.4, 0.5) is 0 Å². The normalized spacial score (nSPS) is 9.18. The van der Waals surface area contributed by atoms with Gasteiger partial charge in [-0.15, -0.1) is 5.10 Å². The van der Waals surface area contributed by atoms with E-state index in [0.717, 1.165) is 0 Å². The molecule has 1 aromatic heterocycles. The maximum atomic E-state index is 10.3. The average Bonchev–Trinajstić information content (AvgIpc) is 2.04. The fourth-order valence-electron chi connectivity index (χ4n) is 0.704. The van der Waals surface area contributed by atoms with Crippen LogP contribution >= 0.6 is 0 Å². The summed E-state index contributed by atoms with van der Waals surface area (Å²) in [5.74, 6) is 0. The van der Waals surface area contributed by atoms with Gasteiger partial charge in [0, 0.05) is 5.56 Å². The lowest BCUT2D eigenvalue weighted by molar-refractivity contribution is 0.109. The number of carbonyl (C=O) groups is 2. The van der Waals surface area contributed by atoms with E-state index in [2.05, 4.69) is 10.2 Å². The van der Waals surface area contributed by atoms with Crippen LogP contribution in [0.5, 0.6) is 0 Å². The monoisotopic (exact) mass is 150 g/mol. The second-order valence-electron chi connectivity index (χ2n) is 2.06. The number of nitrogens with zero attached hydrogens (tertiary/aromatic N) is 2. The zero-order chi connectivity index (χ0) is 8.27. The molecule has 0 fully saturated rings. The molecule has 0 atom stereocenters. The van der Waals surface area contributed by atoms with Crippen molar-refractivity contribution >= 4 is 12.6 Å². The summed E-state index contributed by atoms with van der Waals surface area (Å²) in [6.07, 6.45) is 1.10. The van der Waals surface area contributed by atoms with Gasteiger partial charge in [0.15, 0.2) is 12.6 Å². The molecule has 11 heavy (non-hydrogen) atoms. The molecular formula is C7H6N2O2. The zero-order valence-corrected chi connectivity index (χ0v) is 5.94. The van der Waals surface area contributed by atoms with E-state index in [4.69, 9.17) is 0 Å². The Kier molecular flexibility index (Phi) is 2.06. The van der Waals surface area contributed by atoms with Gasteiger partial charge in [0.2, 0.25) is 0 Å². The van der Waals surface area contributed by atoms with Gasteiger partial charge in [-0.25, -0.2) is 0 Å². The minimum Gasteiger partial charge on any atom is -0.298 e. The molecule has 0 unspecified atom stereocenters. The summed E-state index contributed by atoms with van der Waals surface area (Å²) < 4.78 is 0. The van der Waals surface area contributed by atoms with Crippen molar-refractivity contribution in [2.24, 2.45) is 0 Å². The number of rotatable bonds is 2. The molecule has 1 aromatic rings. The van der Waals surface area contributed by atoms with Crippen molar-refractivity contribution in [1.82, 2.24) is 10.2 Å². The van der Waals surface area contributed by atoms with Crippen molar-refractivity contribution in [3.63, 3.8) is 0 Å². The van der Waals surface area contributed by atoms with Crippen LogP contribution < -0.4 is 0 Å². The summed E-state index contributed by atoms with van der Waals surface area (Å²) in [5, 5.41) is 7.14. The summed E-state index contributed by atoms with van der Waals surface area (Å²) in [6, 6.07) is 1.52. The van der Waals surface area contributed by atoms with Crippen molar-refractivity contribution in [1.29, 1.82) is 0 Å². The van der Waals surface area contributed by atoms with Crippen LogP contribution in [-0.4, -0.2) is 22.8 Å². The predicted octanol–water partition coefficient (Wildman–Crippen LogP) is 0.410. The van der Waals surface area contributed by atoms with E-state index in [1.807, 2.05) is 0 Å². The van der Waals surface area contributed by atoms with Gasteiger partial charge in [0.05, 0.1) is 5.69 Å². The lowest BCUT2D eigenvalue weighted by atomic mass is 10.2. The summed E-state index contributed by atoms with van der Waals surface area (Å²) in [7, 11) is 0. The SMILES string of the molecule is Cc1cc(C=O)c(C=O)nn1. The molecule has 0 aromatic carbocycles. The third-order valence-corrected chi connectivity index (χ3v) is 1.21. The molecule has 0 N–H and O–H groups in total. The lowest BCUT2D eigenvalue weighted by Crippen LogP contribution is -1.99. The number of aromatic nitrogens is 2. The molecule has 0 aliphatic rings. The Bertz CT molecular complexity index is 296. The van der Waals surface area contributed by atoms with Crippen LogP contribution in [0.25, 0.3) is 0 Å². The van der Waals surface area contributed by atoms with Crippen molar-refractivity contribution in [2.45, 2.75) is 6.92 Å². The molecule has 1 heterocycles. The van der Waals surface area contributed by atoms with Crippen LogP contribution in [0.15, 0.2) is 6.07 Å². The molecule has 4 heteroatoms. The molecular weight excluding hydrogens is 144 g/mol. The molecule has 0 saturated carbocycles. The van der Waals surface area contributed by atoms with Crippen molar-refractivity contribution in [2.75, 3.05) is 0 Å². The van der Waals surface area contributed by atoms with Gasteiger partial charge in [-0.05, 0) is 13.0 Å². The molecule has 56 valence electrons. The number of hydrogen-bond acceptors (Lipinski definition) is 4. The summed E-state index contributed by atoms with van der Waals surface area (Å²) in [6.45, 7) is 1.70. The molecule has 0 aliphatic carbocycles. The van der Waals surface area contributed by atoms with E-state index in [-0.39, 0.29) is 11.3 Å². The minimum atomic E-state index is 0.0885. The van der Waals surface area contributed by atoms with Gasteiger partial charge in [-0.1, -0.05) is 0 Å². The molecule has 4 nitrogen and oxygen atoms in total. The van der Waals surface area contributed by atoms with E-state index in [9.17, 15) is 9.59 Å². The predicted molar refractivity (Wildman–Crippen MR) is 37.5 cm³/mol. The largest absolute Gasteiger partial charge is 0.298 e. The Morgan fingerprint density at radius 3 is 2.55 bits per heavy atom. The highest BCUT2D eigenvalue weighted by Crippen LogP contribution is 1.99. The molecule has 1 rings (SSSR count). The van der Waals surface area contributed by atoms with Crippen LogP contribution in [0.2, 0.25) is 0 Å². The highest BCUT2D eigenvalue weighted by molar-refractivity contribution is 5.88. The second kappa shape index (κ2) is 3.01. The van der Waals surface area contributed by atoms with E-state index in [0.29, 0.717) is 18.3 Å². The standard InChI is InChI=1S/C7H6N2O2/c1-5-2-6(3-10)7(4-11)9-8-5/h2-4H,1H3. The van der Waals surface area contributed by atoms with E-state index < -0.39 is 0 Å². The summed E-state index contributed by atoms with van der Waals surface area (Å²) >= 11 is 0. The molecule has 0 aliphatic heterocycles. The quantitative estimate of drug-likeness (QED) is 0.573. The number of hydrogen-bond donors (Lipinski definition) is 0. The lowest BCUT2D eigenvalue weighted by Gasteiger charge is -1.94. The van der Waals surface area contributed by atoms with Gasteiger partial charge < -0.3 is 0 Å². The fraction of sp³-hybridized carbons (Fsp3) is 0.143. The first-order valence-electron chi connectivity index (χ1n) is 3.02. The van der Waals surface area contributed by atoms with Crippen molar-refractivity contribution < 1.29 is 9.59 Å². The van der Waals surface area contributed by atoms with Gasteiger partial charge in [0.25, 0.3) is 0 Å². The molecule has 0 spiro atoms. The van der Waals surface area contributed by atoms with E-state index in [1.165, 1.54) is 6.07 Å². The van der Waals surface area contributed by atoms with Crippen LogP contribution in [0, 0.1) is 6.92 Å². The zero-order valence-electron chi connectivity index (χ0n) is 5.94. The Morgan fingerprint density at radius 2 is 2.00 bits per heavy atom. The Hall–Kier alpha value is -1.58.